The Bertz CT molecular complexity index is 802. The second kappa shape index (κ2) is 5.81. The number of imide groups is 1. The molecule has 6 heteroatoms. The van der Waals surface area contributed by atoms with Gasteiger partial charge in [-0.05, 0) is 30.2 Å². The van der Waals surface area contributed by atoms with Crippen molar-refractivity contribution < 1.29 is 14.4 Å². The largest absolute Gasteiger partial charge is 0.366 e. The molecule has 0 aromatic heterocycles. The number of hydrogen-bond donors (Lipinski definition) is 2. The molecule has 1 aliphatic rings. The Morgan fingerprint density at radius 1 is 1.08 bits per heavy atom. The van der Waals surface area contributed by atoms with Crippen molar-refractivity contribution in [3.63, 3.8) is 0 Å². The lowest BCUT2D eigenvalue weighted by Crippen LogP contribution is -2.40. The first-order valence-corrected chi connectivity index (χ1v) is 7.50. The van der Waals surface area contributed by atoms with Gasteiger partial charge in [-0.25, -0.2) is 4.79 Å². The van der Waals surface area contributed by atoms with E-state index in [9.17, 15) is 14.4 Å². The number of carbonyl (C=O) groups is 3. The van der Waals surface area contributed by atoms with Gasteiger partial charge in [-0.1, -0.05) is 42.5 Å². The molecule has 1 aliphatic heterocycles. The Labute approximate surface area is 139 Å². The summed E-state index contributed by atoms with van der Waals surface area (Å²) in [5, 5.41) is 2.76. The van der Waals surface area contributed by atoms with Crippen LogP contribution in [0.25, 0.3) is 0 Å². The van der Waals surface area contributed by atoms with E-state index in [1.54, 1.807) is 31.2 Å². The highest BCUT2D eigenvalue weighted by Crippen LogP contribution is 2.29. The lowest BCUT2D eigenvalue weighted by atomic mass is 9.92. The zero-order valence-corrected chi connectivity index (χ0v) is 13.2. The Hall–Kier alpha value is -3.15. The van der Waals surface area contributed by atoms with Crippen LogP contribution in [0.1, 0.15) is 28.4 Å². The number of nitrogens with one attached hydrogen (secondary N) is 1. The zero-order chi connectivity index (χ0) is 17.3. The summed E-state index contributed by atoms with van der Waals surface area (Å²) < 4.78 is 0. The maximum Gasteiger partial charge on any atom is 0.325 e. The van der Waals surface area contributed by atoms with Gasteiger partial charge in [0.15, 0.2) is 0 Å². The maximum absolute atomic E-state index is 12.8. The SMILES string of the molecule is C[C@@]1(c2ccccc2)NC(=O)N(Cc2ccc(C(N)=O)cc2)C1=O. The molecule has 122 valence electrons. The van der Waals surface area contributed by atoms with Gasteiger partial charge in [0.1, 0.15) is 5.54 Å². The van der Waals surface area contributed by atoms with Crippen molar-refractivity contribution in [2.24, 2.45) is 5.73 Å². The van der Waals surface area contributed by atoms with Crippen LogP contribution >= 0.6 is 0 Å². The molecule has 0 saturated carbocycles. The highest BCUT2D eigenvalue weighted by molar-refractivity contribution is 6.07. The summed E-state index contributed by atoms with van der Waals surface area (Å²) in [7, 11) is 0. The van der Waals surface area contributed by atoms with Crippen LogP contribution in [-0.2, 0) is 16.9 Å². The predicted octanol–water partition coefficient (Wildman–Crippen LogP) is 1.75. The van der Waals surface area contributed by atoms with E-state index in [1.807, 2.05) is 30.3 Å². The van der Waals surface area contributed by atoms with Crippen molar-refractivity contribution in [3.05, 3.63) is 71.3 Å². The minimum Gasteiger partial charge on any atom is -0.366 e. The second-order valence-corrected chi connectivity index (χ2v) is 5.87. The van der Waals surface area contributed by atoms with Crippen molar-refractivity contribution in [1.82, 2.24) is 10.2 Å². The summed E-state index contributed by atoms with van der Waals surface area (Å²) in [6.45, 7) is 1.82. The molecule has 0 radical (unpaired) electrons. The normalized spacial score (nSPS) is 20.1. The Morgan fingerprint density at radius 2 is 1.71 bits per heavy atom. The molecule has 24 heavy (non-hydrogen) atoms. The zero-order valence-electron chi connectivity index (χ0n) is 13.2. The monoisotopic (exact) mass is 323 g/mol. The molecule has 2 aromatic carbocycles. The predicted molar refractivity (Wildman–Crippen MR) is 87.8 cm³/mol. The highest BCUT2D eigenvalue weighted by atomic mass is 16.2. The van der Waals surface area contributed by atoms with E-state index < -0.39 is 17.5 Å². The minimum atomic E-state index is -1.08. The van der Waals surface area contributed by atoms with Gasteiger partial charge in [0.05, 0.1) is 6.54 Å². The van der Waals surface area contributed by atoms with Crippen molar-refractivity contribution in [1.29, 1.82) is 0 Å². The van der Waals surface area contributed by atoms with Gasteiger partial charge in [-0.2, -0.15) is 0 Å². The fourth-order valence-corrected chi connectivity index (χ4v) is 2.76. The van der Waals surface area contributed by atoms with E-state index in [-0.39, 0.29) is 12.5 Å². The molecule has 4 amide bonds. The van der Waals surface area contributed by atoms with Gasteiger partial charge in [0, 0.05) is 5.56 Å². The molecule has 3 N–H and O–H groups in total. The number of amides is 4. The summed E-state index contributed by atoms with van der Waals surface area (Å²) >= 11 is 0. The number of nitrogens with zero attached hydrogens (tertiary/aromatic N) is 1. The minimum absolute atomic E-state index is 0.131. The van der Waals surface area contributed by atoms with Gasteiger partial charge in [0.25, 0.3) is 5.91 Å². The Kier molecular flexibility index (Phi) is 3.81. The first-order chi connectivity index (χ1) is 11.4. The average Bonchev–Trinajstić information content (AvgIpc) is 2.80. The lowest BCUT2D eigenvalue weighted by molar-refractivity contribution is -0.131. The molecule has 1 atom stereocenters. The van der Waals surface area contributed by atoms with E-state index in [1.165, 1.54) is 4.90 Å². The van der Waals surface area contributed by atoms with Crippen LogP contribution in [0.4, 0.5) is 4.79 Å². The number of primary amides is 1. The van der Waals surface area contributed by atoms with E-state index in [2.05, 4.69) is 5.32 Å². The first kappa shape index (κ1) is 15.7. The van der Waals surface area contributed by atoms with Crippen molar-refractivity contribution in [3.8, 4) is 0 Å². The van der Waals surface area contributed by atoms with Crippen LogP contribution in [0.15, 0.2) is 54.6 Å². The smallest absolute Gasteiger partial charge is 0.325 e. The van der Waals surface area contributed by atoms with Crippen LogP contribution in [0, 0.1) is 0 Å². The van der Waals surface area contributed by atoms with Crippen molar-refractivity contribution in [2.45, 2.75) is 19.0 Å². The maximum atomic E-state index is 12.8. The molecule has 0 spiro atoms. The second-order valence-electron chi connectivity index (χ2n) is 5.87. The van der Waals surface area contributed by atoms with Gasteiger partial charge in [-0.15, -0.1) is 0 Å². The fraction of sp³-hybridized carbons (Fsp3) is 0.167. The number of rotatable bonds is 4. The lowest BCUT2D eigenvalue weighted by Gasteiger charge is -2.22. The molecule has 0 aliphatic carbocycles. The molecule has 2 aromatic rings. The summed E-state index contributed by atoms with van der Waals surface area (Å²) in [5.41, 5.74) is 5.97. The third-order valence-corrected chi connectivity index (χ3v) is 4.21. The molecule has 1 fully saturated rings. The summed E-state index contributed by atoms with van der Waals surface area (Å²) in [6, 6.07) is 15.2. The molecule has 1 saturated heterocycles. The van der Waals surface area contributed by atoms with Crippen LogP contribution in [0.2, 0.25) is 0 Å². The molecule has 0 unspecified atom stereocenters. The standard InChI is InChI=1S/C18H17N3O3/c1-18(14-5-3-2-4-6-14)16(23)21(17(24)20-18)11-12-7-9-13(10-8-12)15(19)22/h2-10H,11H2,1H3,(H2,19,22)(H,20,24)/t18-/m0/s1. The number of hydrogen-bond acceptors (Lipinski definition) is 3. The quantitative estimate of drug-likeness (QED) is 0.840. The van der Waals surface area contributed by atoms with Gasteiger partial charge in [-0.3, -0.25) is 14.5 Å². The summed E-state index contributed by atoms with van der Waals surface area (Å²) in [6.07, 6.45) is 0. The third kappa shape index (κ3) is 2.62. The molecule has 1 heterocycles. The molecule has 3 rings (SSSR count). The number of urea groups is 1. The van der Waals surface area contributed by atoms with Gasteiger partial charge in [0.2, 0.25) is 5.91 Å². The van der Waals surface area contributed by atoms with Crippen LogP contribution in [0.5, 0.6) is 0 Å². The van der Waals surface area contributed by atoms with E-state index in [0.29, 0.717) is 5.56 Å². The summed E-state index contributed by atoms with van der Waals surface area (Å²) in [5.74, 6) is -0.828. The molecule has 6 nitrogen and oxygen atoms in total. The fourth-order valence-electron chi connectivity index (χ4n) is 2.76. The molecular formula is C18H17N3O3. The third-order valence-electron chi connectivity index (χ3n) is 4.21. The van der Waals surface area contributed by atoms with E-state index in [4.69, 9.17) is 5.73 Å². The molecular weight excluding hydrogens is 306 g/mol. The number of nitrogens with two attached hydrogens (primary N) is 1. The first-order valence-electron chi connectivity index (χ1n) is 7.50. The van der Waals surface area contributed by atoms with E-state index >= 15 is 0 Å². The highest BCUT2D eigenvalue weighted by Gasteiger charge is 2.48. The van der Waals surface area contributed by atoms with E-state index in [0.717, 1.165) is 11.1 Å². The Morgan fingerprint density at radius 3 is 2.29 bits per heavy atom. The molecule has 0 bridgehead atoms. The van der Waals surface area contributed by atoms with Crippen LogP contribution in [-0.4, -0.2) is 22.7 Å². The average molecular weight is 323 g/mol. The van der Waals surface area contributed by atoms with Gasteiger partial charge < -0.3 is 11.1 Å². The summed E-state index contributed by atoms with van der Waals surface area (Å²) in [4.78, 5) is 37.3. The number of carbonyl (C=O) groups excluding carboxylic acids is 3. The van der Waals surface area contributed by atoms with Gasteiger partial charge >= 0.3 is 6.03 Å². The van der Waals surface area contributed by atoms with Crippen LogP contribution in [0.3, 0.4) is 0 Å². The topological polar surface area (TPSA) is 92.5 Å². The van der Waals surface area contributed by atoms with Crippen molar-refractivity contribution >= 4 is 17.8 Å². The van der Waals surface area contributed by atoms with Crippen molar-refractivity contribution in [2.75, 3.05) is 0 Å². The Balaban J connectivity index is 1.83. The number of benzene rings is 2. The van der Waals surface area contributed by atoms with Crippen LogP contribution < -0.4 is 11.1 Å².